The van der Waals surface area contributed by atoms with Crippen LogP contribution in [-0.2, 0) is 27.8 Å². The molecule has 35 heavy (non-hydrogen) atoms. The molecular formula is C26H34N4O3S2. The highest BCUT2D eigenvalue weighted by Gasteiger charge is 2.30. The Morgan fingerprint density at radius 1 is 1.14 bits per heavy atom. The molecule has 0 saturated carbocycles. The van der Waals surface area contributed by atoms with E-state index in [-0.39, 0.29) is 22.6 Å². The summed E-state index contributed by atoms with van der Waals surface area (Å²) in [5.41, 5.74) is 3.72. The number of sulfonamides is 1. The van der Waals surface area contributed by atoms with Crippen molar-refractivity contribution in [3.05, 3.63) is 48.0 Å². The zero-order valence-electron chi connectivity index (χ0n) is 20.7. The number of unbranched alkanes of at least 4 members (excludes halogenated alkanes) is 2. The lowest BCUT2D eigenvalue weighted by atomic mass is 10.1. The number of imidazole rings is 1. The molecule has 188 valence electrons. The third kappa shape index (κ3) is 5.57. The third-order valence-electron chi connectivity index (χ3n) is 6.35. The standard InChI is InChI=1S/C26H34N4O3S2/c1-4-6-14-27-35(32,33)21-12-13-24-22(17-21)28-26(29(24)15-7-5-2)34-18-25(31)30-19(3)16-20-10-8-9-11-23(20)30/h8-13,17,19,27H,4-7,14-16,18H2,1-3H3. The molecule has 1 unspecified atom stereocenters. The third-order valence-corrected chi connectivity index (χ3v) is 8.77. The second kappa shape index (κ2) is 11.1. The van der Waals surface area contributed by atoms with Crippen molar-refractivity contribution in [1.29, 1.82) is 0 Å². The molecule has 1 aliphatic rings. The molecule has 0 bridgehead atoms. The van der Waals surface area contributed by atoms with Crippen LogP contribution in [0.3, 0.4) is 0 Å². The summed E-state index contributed by atoms with van der Waals surface area (Å²) < 4.78 is 30.2. The van der Waals surface area contributed by atoms with E-state index in [0.29, 0.717) is 12.1 Å². The molecule has 1 N–H and O–H groups in total. The van der Waals surface area contributed by atoms with E-state index < -0.39 is 10.0 Å². The van der Waals surface area contributed by atoms with Crippen LogP contribution in [0.2, 0.25) is 0 Å². The van der Waals surface area contributed by atoms with Gasteiger partial charge in [0.2, 0.25) is 15.9 Å². The molecule has 1 aromatic heterocycles. The maximum Gasteiger partial charge on any atom is 0.240 e. The lowest BCUT2D eigenvalue weighted by Gasteiger charge is -2.22. The molecule has 4 rings (SSSR count). The van der Waals surface area contributed by atoms with Gasteiger partial charge in [-0.05, 0) is 56.0 Å². The van der Waals surface area contributed by atoms with E-state index in [1.807, 2.05) is 36.1 Å². The summed E-state index contributed by atoms with van der Waals surface area (Å²) >= 11 is 1.42. The molecule has 0 spiro atoms. The second-order valence-electron chi connectivity index (χ2n) is 9.04. The summed E-state index contributed by atoms with van der Waals surface area (Å²) in [7, 11) is -3.58. The fraction of sp³-hybridized carbons (Fsp3) is 0.462. The summed E-state index contributed by atoms with van der Waals surface area (Å²) in [5.74, 6) is 0.336. The van der Waals surface area contributed by atoms with Crippen LogP contribution in [0.1, 0.15) is 52.0 Å². The highest BCUT2D eigenvalue weighted by Crippen LogP contribution is 2.33. The number of nitrogens with one attached hydrogen (secondary N) is 1. The number of benzene rings is 2. The number of fused-ring (bicyclic) bond motifs is 2. The largest absolute Gasteiger partial charge is 0.319 e. The molecule has 2 aromatic carbocycles. The van der Waals surface area contributed by atoms with Crippen LogP contribution in [0, 0.1) is 0 Å². The molecule has 1 atom stereocenters. The van der Waals surface area contributed by atoms with Gasteiger partial charge in [0.1, 0.15) is 0 Å². The first kappa shape index (κ1) is 25.7. The Morgan fingerprint density at radius 3 is 2.69 bits per heavy atom. The molecule has 0 fully saturated rings. The Labute approximate surface area is 212 Å². The van der Waals surface area contributed by atoms with Gasteiger partial charge in [0.05, 0.1) is 21.7 Å². The van der Waals surface area contributed by atoms with Crippen molar-refractivity contribution >= 4 is 44.4 Å². The quantitative estimate of drug-likeness (QED) is 0.288. The zero-order valence-corrected chi connectivity index (χ0v) is 22.3. The van der Waals surface area contributed by atoms with Gasteiger partial charge < -0.3 is 9.47 Å². The molecule has 0 radical (unpaired) electrons. The minimum absolute atomic E-state index is 0.0601. The van der Waals surface area contributed by atoms with Gasteiger partial charge in [0.25, 0.3) is 0 Å². The van der Waals surface area contributed by atoms with Crippen LogP contribution in [-0.4, -0.2) is 42.2 Å². The van der Waals surface area contributed by atoms with Crippen molar-refractivity contribution in [3.63, 3.8) is 0 Å². The fourth-order valence-corrected chi connectivity index (χ4v) is 6.50. The lowest BCUT2D eigenvalue weighted by Crippen LogP contribution is -2.37. The van der Waals surface area contributed by atoms with Crippen LogP contribution in [0.5, 0.6) is 0 Å². The first-order chi connectivity index (χ1) is 16.9. The van der Waals surface area contributed by atoms with Crippen molar-refractivity contribution in [2.45, 2.75) is 75.5 Å². The molecule has 9 heteroatoms. The normalized spacial score (nSPS) is 15.6. The number of nitrogens with zero attached hydrogens (tertiary/aromatic N) is 3. The summed E-state index contributed by atoms with van der Waals surface area (Å²) in [5, 5.41) is 0.746. The van der Waals surface area contributed by atoms with E-state index in [1.165, 1.54) is 17.3 Å². The van der Waals surface area contributed by atoms with Crippen molar-refractivity contribution in [2.24, 2.45) is 0 Å². The Kier molecular flexibility index (Phi) is 8.19. The van der Waals surface area contributed by atoms with Gasteiger partial charge in [-0.3, -0.25) is 4.79 Å². The van der Waals surface area contributed by atoms with Gasteiger partial charge >= 0.3 is 0 Å². The first-order valence-electron chi connectivity index (χ1n) is 12.4. The maximum absolute atomic E-state index is 13.2. The number of anilines is 1. The van der Waals surface area contributed by atoms with Crippen molar-refractivity contribution in [3.8, 4) is 0 Å². The summed E-state index contributed by atoms with van der Waals surface area (Å²) in [4.78, 5) is 20.1. The topological polar surface area (TPSA) is 84.3 Å². The van der Waals surface area contributed by atoms with E-state index in [0.717, 1.165) is 55.0 Å². The van der Waals surface area contributed by atoms with Gasteiger partial charge in [-0.15, -0.1) is 0 Å². The number of para-hydroxylation sites is 1. The van der Waals surface area contributed by atoms with E-state index in [4.69, 9.17) is 4.98 Å². The smallest absolute Gasteiger partial charge is 0.240 e. The molecule has 0 aliphatic carbocycles. The summed E-state index contributed by atoms with van der Waals surface area (Å²) in [6, 6.07) is 13.3. The summed E-state index contributed by atoms with van der Waals surface area (Å²) in [6.07, 6.45) is 4.58. The van der Waals surface area contributed by atoms with Crippen LogP contribution >= 0.6 is 11.8 Å². The number of aryl methyl sites for hydroxylation is 1. The maximum atomic E-state index is 13.2. The molecule has 2 heterocycles. The average molecular weight is 515 g/mol. The summed E-state index contributed by atoms with van der Waals surface area (Å²) in [6.45, 7) is 7.43. The Balaban J connectivity index is 1.57. The van der Waals surface area contributed by atoms with Crippen LogP contribution in [0.25, 0.3) is 11.0 Å². The Bertz CT molecular complexity index is 1300. The van der Waals surface area contributed by atoms with Crippen LogP contribution in [0.4, 0.5) is 5.69 Å². The van der Waals surface area contributed by atoms with E-state index in [1.54, 1.807) is 12.1 Å². The fourth-order valence-electron chi connectivity index (χ4n) is 4.51. The number of thioether (sulfide) groups is 1. The average Bonchev–Trinajstić information content (AvgIpc) is 3.37. The highest BCUT2D eigenvalue weighted by molar-refractivity contribution is 7.99. The molecular weight excluding hydrogens is 480 g/mol. The number of rotatable bonds is 11. The molecule has 1 amide bonds. The predicted molar refractivity (Wildman–Crippen MR) is 143 cm³/mol. The lowest BCUT2D eigenvalue weighted by molar-refractivity contribution is -0.116. The van der Waals surface area contributed by atoms with Crippen LogP contribution < -0.4 is 9.62 Å². The number of aromatic nitrogens is 2. The van der Waals surface area contributed by atoms with Crippen molar-refractivity contribution in [2.75, 3.05) is 17.2 Å². The highest BCUT2D eigenvalue weighted by atomic mass is 32.2. The minimum atomic E-state index is -3.58. The molecule has 3 aromatic rings. The number of carbonyl (C=O) groups is 1. The van der Waals surface area contributed by atoms with Gasteiger partial charge in [0, 0.05) is 24.8 Å². The number of carbonyl (C=O) groups excluding carboxylic acids is 1. The van der Waals surface area contributed by atoms with Gasteiger partial charge in [-0.1, -0.05) is 56.7 Å². The number of hydrogen-bond acceptors (Lipinski definition) is 5. The van der Waals surface area contributed by atoms with E-state index >= 15 is 0 Å². The first-order valence-corrected chi connectivity index (χ1v) is 14.8. The Morgan fingerprint density at radius 2 is 1.91 bits per heavy atom. The van der Waals surface area contributed by atoms with E-state index in [9.17, 15) is 13.2 Å². The molecule has 7 nitrogen and oxygen atoms in total. The van der Waals surface area contributed by atoms with Gasteiger partial charge in [-0.2, -0.15) is 0 Å². The van der Waals surface area contributed by atoms with Crippen molar-refractivity contribution < 1.29 is 13.2 Å². The predicted octanol–water partition coefficient (Wildman–Crippen LogP) is 4.98. The van der Waals surface area contributed by atoms with E-state index in [2.05, 4.69) is 29.2 Å². The second-order valence-corrected chi connectivity index (χ2v) is 11.7. The number of amides is 1. The van der Waals surface area contributed by atoms with Gasteiger partial charge in [-0.25, -0.2) is 18.1 Å². The minimum Gasteiger partial charge on any atom is -0.319 e. The SMILES string of the molecule is CCCCNS(=O)(=O)c1ccc2c(c1)nc(SCC(=O)N1c3ccccc3CC1C)n2CCCC. The number of hydrogen-bond donors (Lipinski definition) is 1. The van der Waals surface area contributed by atoms with Crippen LogP contribution in [0.15, 0.2) is 52.5 Å². The zero-order chi connectivity index (χ0) is 25.0. The van der Waals surface area contributed by atoms with Gasteiger partial charge in [0.15, 0.2) is 5.16 Å². The Hall–Kier alpha value is -2.36. The molecule has 1 aliphatic heterocycles. The van der Waals surface area contributed by atoms with Crippen molar-refractivity contribution in [1.82, 2.24) is 14.3 Å². The molecule has 0 saturated heterocycles. The monoisotopic (exact) mass is 514 g/mol.